The van der Waals surface area contributed by atoms with Gasteiger partial charge in [0.2, 0.25) is 0 Å². The van der Waals surface area contributed by atoms with Crippen LogP contribution in [0.2, 0.25) is 0 Å². The van der Waals surface area contributed by atoms with Gasteiger partial charge in [-0.2, -0.15) is 0 Å². The molecule has 1 N–H and O–H groups in total. The summed E-state index contributed by atoms with van der Waals surface area (Å²) < 4.78 is 1.95. The van der Waals surface area contributed by atoms with Crippen LogP contribution >= 0.6 is 0 Å². The number of rotatable bonds is 14. The molecule has 0 saturated carbocycles. The summed E-state index contributed by atoms with van der Waals surface area (Å²) >= 11 is 0. The van der Waals surface area contributed by atoms with Crippen molar-refractivity contribution in [3.63, 3.8) is 0 Å². The summed E-state index contributed by atoms with van der Waals surface area (Å²) in [6.45, 7) is 14.0. The zero-order valence-electron chi connectivity index (χ0n) is 18.2. The van der Waals surface area contributed by atoms with Crippen LogP contribution in [0.4, 0.5) is 5.69 Å². The molecule has 0 aliphatic rings. The van der Waals surface area contributed by atoms with Crippen LogP contribution in [0.25, 0.3) is 11.4 Å². The minimum absolute atomic E-state index is 0.825. The summed E-state index contributed by atoms with van der Waals surface area (Å²) in [5.74, 6) is 0.856. The highest BCUT2D eigenvalue weighted by Gasteiger charge is 2.12. The third kappa shape index (κ3) is 6.89. The Hall–Kier alpha value is -1.95. The van der Waals surface area contributed by atoms with Crippen molar-refractivity contribution in [3.8, 4) is 11.4 Å². The molecule has 0 aliphatic heterocycles. The van der Waals surface area contributed by atoms with Gasteiger partial charge in [0.05, 0.1) is 6.54 Å². The van der Waals surface area contributed by atoms with Gasteiger partial charge in [0.1, 0.15) is 0 Å². The summed E-state index contributed by atoms with van der Waals surface area (Å²) in [6, 6.07) is 6.45. The van der Waals surface area contributed by atoms with Gasteiger partial charge in [-0.15, -0.1) is 5.10 Å². The summed E-state index contributed by atoms with van der Waals surface area (Å²) in [4.78, 5) is 2.55. The maximum Gasteiger partial charge on any atom is 0.182 e. The Kier molecular flexibility index (Phi) is 9.97. The first kappa shape index (κ1) is 22.3. The van der Waals surface area contributed by atoms with Crippen LogP contribution in [-0.2, 0) is 6.54 Å². The van der Waals surface area contributed by atoms with Crippen LogP contribution in [0.15, 0.2) is 18.2 Å². The Balaban J connectivity index is 2.02. The van der Waals surface area contributed by atoms with E-state index in [4.69, 9.17) is 0 Å². The molecule has 0 saturated heterocycles. The molecule has 6 heteroatoms. The number of nitrogens with zero attached hydrogens (tertiary/aromatic N) is 5. The second-order valence-electron chi connectivity index (χ2n) is 7.58. The molecule has 2 aromatic rings. The maximum absolute atomic E-state index is 4.30. The van der Waals surface area contributed by atoms with Gasteiger partial charge in [-0.1, -0.05) is 40.0 Å². The SMILES string of the molecule is CCCCNc1ccc(-c2nnnn2CCN(CCCC)CCCC)cc1C. The molecule has 0 radical (unpaired) electrons. The Labute approximate surface area is 170 Å². The topological polar surface area (TPSA) is 58.9 Å². The van der Waals surface area contributed by atoms with E-state index in [0.717, 1.165) is 44.1 Å². The van der Waals surface area contributed by atoms with E-state index in [1.165, 1.54) is 49.8 Å². The smallest absolute Gasteiger partial charge is 0.182 e. The van der Waals surface area contributed by atoms with Crippen molar-refractivity contribution in [1.82, 2.24) is 25.1 Å². The van der Waals surface area contributed by atoms with Crippen LogP contribution in [0.3, 0.4) is 0 Å². The van der Waals surface area contributed by atoms with Gasteiger partial charge >= 0.3 is 0 Å². The van der Waals surface area contributed by atoms with Crippen molar-refractivity contribution in [3.05, 3.63) is 23.8 Å². The van der Waals surface area contributed by atoms with Crippen LogP contribution in [-0.4, -0.2) is 51.3 Å². The fraction of sp³-hybridized carbons (Fsp3) is 0.682. The lowest BCUT2D eigenvalue weighted by Crippen LogP contribution is -2.30. The molecular weight excluding hydrogens is 348 g/mol. The highest BCUT2D eigenvalue weighted by atomic mass is 15.5. The molecule has 6 nitrogen and oxygen atoms in total. The lowest BCUT2D eigenvalue weighted by molar-refractivity contribution is 0.251. The molecule has 28 heavy (non-hydrogen) atoms. The summed E-state index contributed by atoms with van der Waals surface area (Å²) in [7, 11) is 0. The van der Waals surface area contributed by atoms with Crippen molar-refractivity contribution in [1.29, 1.82) is 0 Å². The number of unbranched alkanes of at least 4 members (excludes halogenated alkanes) is 3. The van der Waals surface area contributed by atoms with Crippen molar-refractivity contribution >= 4 is 5.69 Å². The standard InChI is InChI=1S/C22H38N6/c1-5-8-13-23-21-12-11-20(18-19(21)4)22-24-25-26-28(22)17-16-27(14-9-6-2)15-10-7-3/h11-12,18,23H,5-10,13-17H2,1-4H3. The quantitative estimate of drug-likeness (QED) is 0.474. The van der Waals surface area contributed by atoms with Crippen LogP contribution < -0.4 is 5.32 Å². The molecule has 0 bridgehead atoms. The van der Waals surface area contributed by atoms with Gasteiger partial charge in [0.15, 0.2) is 5.82 Å². The minimum Gasteiger partial charge on any atom is -0.385 e. The van der Waals surface area contributed by atoms with Crippen molar-refractivity contribution in [2.45, 2.75) is 72.8 Å². The van der Waals surface area contributed by atoms with Gasteiger partial charge in [0, 0.05) is 24.3 Å². The lowest BCUT2D eigenvalue weighted by Gasteiger charge is -2.22. The monoisotopic (exact) mass is 386 g/mol. The van der Waals surface area contributed by atoms with Gasteiger partial charge < -0.3 is 10.2 Å². The molecule has 0 aliphatic carbocycles. The second-order valence-corrected chi connectivity index (χ2v) is 7.58. The Bertz CT molecular complexity index is 673. The van der Waals surface area contributed by atoms with Crippen LogP contribution in [0.5, 0.6) is 0 Å². The zero-order chi connectivity index (χ0) is 20.2. The second kappa shape index (κ2) is 12.5. The Morgan fingerprint density at radius 2 is 1.68 bits per heavy atom. The summed E-state index contributed by atoms with van der Waals surface area (Å²) in [5, 5.41) is 16.0. The molecular formula is C22H38N6. The molecule has 0 spiro atoms. The van der Waals surface area contributed by atoms with E-state index < -0.39 is 0 Å². The van der Waals surface area contributed by atoms with Crippen molar-refractivity contribution in [2.24, 2.45) is 0 Å². The first-order valence-electron chi connectivity index (χ1n) is 11.0. The molecule has 0 atom stereocenters. The number of aromatic nitrogens is 4. The molecule has 0 amide bonds. The number of hydrogen-bond acceptors (Lipinski definition) is 5. The third-order valence-corrected chi connectivity index (χ3v) is 5.15. The fourth-order valence-corrected chi connectivity index (χ4v) is 3.30. The molecule has 0 fully saturated rings. The van der Waals surface area contributed by atoms with Gasteiger partial charge in [-0.3, -0.25) is 0 Å². The highest BCUT2D eigenvalue weighted by Crippen LogP contribution is 2.23. The molecule has 2 rings (SSSR count). The lowest BCUT2D eigenvalue weighted by atomic mass is 10.1. The number of anilines is 1. The first-order chi connectivity index (χ1) is 13.7. The van der Waals surface area contributed by atoms with Crippen molar-refractivity contribution < 1.29 is 0 Å². The summed E-state index contributed by atoms with van der Waals surface area (Å²) in [6.07, 6.45) is 7.35. The van der Waals surface area contributed by atoms with E-state index in [9.17, 15) is 0 Å². The van der Waals surface area contributed by atoms with E-state index >= 15 is 0 Å². The van der Waals surface area contributed by atoms with E-state index in [1.54, 1.807) is 0 Å². The van der Waals surface area contributed by atoms with Crippen LogP contribution in [0.1, 0.15) is 64.9 Å². The maximum atomic E-state index is 4.30. The number of hydrogen-bond donors (Lipinski definition) is 1. The Morgan fingerprint density at radius 1 is 0.964 bits per heavy atom. The van der Waals surface area contributed by atoms with Crippen molar-refractivity contribution in [2.75, 3.05) is 31.5 Å². The fourth-order valence-electron chi connectivity index (χ4n) is 3.30. The van der Waals surface area contributed by atoms with Gasteiger partial charge in [-0.05, 0) is 73.5 Å². The predicted molar refractivity (Wildman–Crippen MR) is 118 cm³/mol. The number of benzene rings is 1. The highest BCUT2D eigenvalue weighted by molar-refractivity contribution is 5.63. The van der Waals surface area contributed by atoms with E-state index in [0.29, 0.717) is 0 Å². The average Bonchev–Trinajstić information content (AvgIpc) is 3.17. The number of tetrazole rings is 1. The van der Waals surface area contributed by atoms with E-state index in [1.807, 2.05) is 4.68 Å². The molecule has 1 aromatic carbocycles. The molecule has 1 heterocycles. The molecule has 0 unspecified atom stereocenters. The van der Waals surface area contributed by atoms with Gasteiger partial charge in [0.25, 0.3) is 0 Å². The first-order valence-corrected chi connectivity index (χ1v) is 11.0. The number of nitrogens with one attached hydrogen (secondary N) is 1. The molecule has 1 aromatic heterocycles. The molecule has 156 valence electrons. The largest absolute Gasteiger partial charge is 0.385 e. The normalized spacial score (nSPS) is 11.3. The van der Waals surface area contributed by atoms with E-state index in [-0.39, 0.29) is 0 Å². The van der Waals surface area contributed by atoms with Gasteiger partial charge in [-0.25, -0.2) is 4.68 Å². The number of aryl methyl sites for hydroxylation is 1. The Morgan fingerprint density at radius 3 is 2.32 bits per heavy atom. The summed E-state index contributed by atoms with van der Waals surface area (Å²) in [5.41, 5.74) is 3.51. The zero-order valence-corrected chi connectivity index (χ0v) is 18.2. The van der Waals surface area contributed by atoms with Crippen LogP contribution in [0, 0.1) is 6.92 Å². The average molecular weight is 387 g/mol. The third-order valence-electron chi connectivity index (χ3n) is 5.15. The van der Waals surface area contributed by atoms with E-state index in [2.05, 4.69) is 71.6 Å². The minimum atomic E-state index is 0.825. The predicted octanol–water partition coefficient (Wildman–Crippen LogP) is 4.76.